The van der Waals surface area contributed by atoms with Gasteiger partial charge in [0.25, 0.3) is 0 Å². The van der Waals surface area contributed by atoms with Gasteiger partial charge >= 0.3 is 5.97 Å². The summed E-state index contributed by atoms with van der Waals surface area (Å²) >= 11 is 4.85. The maximum atomic E-state index is 12.8. The number of rotatable bonds is 3. The fourth-order valence-electron chi connectivity index (χ4n) is 2.60. The summed E-state index contributed by atoms with van der Waals surface area (Å²) in [7, 11) is 0. The lowest BCUT2D eigenvalue weighted by molar-refractivity contribution is -0.147. The van der Waals surface area contributed by atoms with E-state index in [1.165, 1.54) is 11.8 Å². The van der Waals surface area contributed by atoms with E-state index in [0.29, 0.717) is 33.6 Å². The zero-order chi connectivity index (χ0) is 19.4. The lowest BCUT2D eigenvalue weighted by atomic mass is 10.0. The molecule has 0 radical (unpaired) electrons. The van der Waals surface area contributed by atoms with Crippen LogP contribution in [0.1, 0.15) is 30.7 Å². The van der Waals surface area contributed by atoms with E-state index >= 15 is 0 Å². The Hall–Kier alpha value is -2.43. The highest BCUT2D eigenvalue weighted by Gasteiger charge is 2.45. The van der Waals surface area contributed by atoms with Crippen LogP contribution in [-0.4, -0.2) is 17.6 Å². The molecule has 2 aromatic rings. The number of benzene rings is 1. The molecule has 1 aliphatic rings. The van der Waals surface area contributed by atoms with E-state index in [2.05, 4.69) is 38.1 Å². The first kappa shape index (κ1) is 19.3. The first-order valence-corrected chi connectivity index (χ1v) is 9.96. The quantitative estimate of drug-likeness (QED) is 0.427. The highest BCUT2D eigenvalue weighted by Crippen LogP contribution is 2.43. The molecule has 0 saturated heterocycles. The van der Waals surface area contributed by atoms with E-state index in [4.69, 9.17) is 10.5 Å². The number of carbonyl (C=O) groups excluding carboxylic acids is 1. The number of allylic oxidation sites excluding steroid dienone is 1. The standard InChI is InChI=1S/C20H18BrN3O2S/c1-3-26-19(25)20(24-13(2)12-27-20)15-10-14(18(22)17(21)11-15)7-8-16-6-4-5-9-23-16/h4-6,9-12,24H,3,22H2,1-2H3. The van der Waals surface area contributed by atoms with Crippen molar-refractivity contribution in [3.05, 3.63) is 68.9 Å². The molecule has 0 fully saturated rings. The highest BCUT2D eigenvalue weighted by molar-refractivity contribution is 9.10. The van der Waals surface area contributed by atoms with E-state index in [1.54, 1.807) is 13.1 Å². The third kappa shape index (κ3) is 3.97. The van der Waals surface area contributed by atoms with Crippen LogP contribution in [0.4, 0.5) is 5.69 Å². The molecule has 0 spiro atoms. The number of halogens is 1. The van der Waals surface area contributed by atoms with Gasteiger partial charge in [-0.05, 0) is 65.4 Å². The minimum atomic E-state index is -1.06. The van der Waals surface area contributed by atoms with Gasteiger partial charge in [-0.2, -0.15) is 0 Å². The van der Waals surface area contributed by atoms with Crippen LogP contribution in [-0.2, 0) is 14.4 Å². The topological polar surface area (TPSA) is 77.2 Å². The summed E-state index contributed by atoms with van der Waals surface area (Å²) in [5.41, 5.74) is 9.56. The number of hydrogen-bond donors (Lipinski definition) is 2. The van der Waals surface area contributed by atoms with Crippen LogP contribution in [0.15, 0.2) is 52.1 Å². The monoisotopic (exact) mass is 443 g/mol. The number of thioether (sulfide) groups is 1. The summed E-state index contributed by atoms with van der Waals surface area (Å²) < 4.78 is 5.99. The number of aromatic nitrogens is 1. The van der Waals surface area contributed by atoms with Gasteiger partial charge in [0, 0.05) is 27.5 Å². The Labute approximate surface area is 170 Å². The van der Waals surface area contributed by atoms with Gasteiger partial charge in [-0.15, -0.1) is 0 Å². The third-order valence-corrected chi connectivity index (χ3v) is 5.86. The summed E-state index contributed by atoms with van der Waals surface area (Å²) in [6.45, 7) is 3.99. The van der Waals surface area contributed by atoms with Crippen molar-refractivity contribution < 1.29 is 9.53 Å². The maximum absolute atomic E-state index is 12.8. The molecule has 5 nitrogen and oxygen atoms in total. The molecule has 2 heterocycles. The van der Waals surface area contributed by atoms with E-state index in [-0.39, 0.29) is 5.97 Å². The summed E-state index contributed by atoms with van der Waals surface area (Å²) in [6, 6.07) is 9.17. The number of nitrogens with one attached hydrogen (secondary N) is 1. The molecular formula is C20H18BrN3O2S. The van der Waals surface area contributed by atoms with Crippen LogP contribution in [0.25, 0.3) is 0 Å². The fraction of sp³-hybridized carbons (Fsp3) is 0.200. The zero-order valence-electron chi connectivity index (χ0n) is 14.9. The largest absolute Gasteiger partial charge is 0.463 e. The molecule has 1 aromatic heterocycles. The molecule has 1 aromatic carbocycles. The second-order valence-corrected chi connectivity index (χ2v) is 7.77. The van der Waals surface area contributed by atoms with Crippen LogP contribution in [0.2, 0.25) is 0 Å². The van der Waals surface area contributed by atoms with Gasteiger partial charge in [-0.25, -0.2) is 9.78 Å². The SMILES string of the molecule is CCOC(=O)C1(c2cc(Br)c(N)c(C#Cc3ccccn3)c2)NC(C)=CS1. The predicted octanol–water partition coefficient (Wildman–Crippen LogP) is 3.74. The maximum Gasteiger partial charge on any atom is 0.347 e. The molecule has 0 amide bonds. The molecule has 27 heavy (non-hydrogen) atoms. The van der Waals surface area contributed by atoms with Crippen LogP contribution in [0.5, 0.6) is 0 Å². The number of nitrogen functional groups attached to an aromatic ring is 1. The number of nitrogens with two attached hydrogens (primary N) is 1. The number of anilines is 1. The highest BCUT2D eigenvalue weighted by atomic mass is 79.9. The van der Waals surface area contributed by atoms with Crippen LogP contribution in [0.3, 0.4) is 0 Å². The number of ether oxygens (including phenoxy) is 1. The van der Waals surface area contributed by atoms with E-state index in [0.717, 1.165) is 5.70 Å². The van der Waals surface area contributed by atoms with Gasteiger partial charge in [-0.1, -0.05) is 23.7 Å². The van der Waals surface area contributed by atoms with Crippen LogP contribution < -0.4 is 11.1 Å². The Kier molecular flexibility index (Phi) is 5.78. The molecule has 1 unspecified atom stereocenters. The molecular weight excluding hydrogens is 426 g/mol. The number of hydrogen-bond acceptors (Lipinski definition) is 6. The van der Waals surface area contributed by atoms with Crippen molar-refractivity contribution in [3.63, 3.8) is 0 Å². The predicted molar refractivity (Wildman–Crippen MR) is 112 cm³/mol. The molecule has 3 rings (SSSR count). The Morgan fingerprint density at radius 1 is 1.41 bits per heavy atom. The molecule has 0 bridgehead atoms. The lowest BCUT2D eigenvalue weighted by Crippen LogP contribution is -2.44. The van der Waals surface area contributed by atoms with Crippen molar-refractivity contribution in [3.8, 4) is 11.8 Å². The van der Waals surface area contributed by atoms with Crippen LogP contribution in [0, 0.1) is 11.8 Å². The molecule has 3 N–H and O–H groups in total. The molecule has 1 atom stereocenters. The summed E-state index contributed by atoms with van der Waals surface area (Å²) in [4.78, 5) is 15.9. The fourth-order valence-corrected chi connectivity index (χ4v) is 4.10. The summed E-state index contributed by atoms with van der Waals surface area (Å²) in [6.07, 6.45) is 1.68. The molecule has 1 aliphatic heterocycles. The molecule has 0 saturated carbocycles. The Bertz CT molecular complexity index is 966. The zero-order valence-corrected chi connectivity index (χ0v) is 17.3. The normalized spacial score (nSPS) is 18.1. The van der Waals surface area contributed by atoms with Gasteiger partial charge in [0.15, 0.2) is 0 Å². The minimum absolute atomic E-state index is 0.296. The minimum Gasteiger partial charge on any atom is -0.463 e. The average molecular weight is 444 g/mol. The van der Waals surface area contributed by atoms with Gasteiger partial charge < -0.3 is 15.8 Å². The number of pyridine rings is 1. The van der Waals surface area contributed by atoms with Gasteiger partial charge in [-0.3, -0.25) is 0 Å². The van der Waals surface area contributed by atoms with Gasteiger partial charge in [0.1, 0.15) is 5.69 Å². The van der Waals surface area contributed by atoms with Gasteiger partial charge in [0.2, 0.25) is 4.87 Å². The van der Waals surface area contributed by atoms with Gasteiger partial charge in [0.05, 0.1) is 12.3 Å². The van der Waals surface area contributed by atoms with Crippen molar-refractivity contribution in [1.82, 2.24) is 10.3 Å². The lowest BCUT2D eigenvalue weighted by Gasteiger charge is -2.28. The second-order valence-electron chi connectivity index (χ2n) is 5.83. The van der Waals surface area contributed by atoms with E-state index < -0.39 is 4.87 Å². The van der Waals surface area contributed by atoms with E-state index in [9.17, 15) is 4.79 Å². The Morgan fingerprint density at radius 3 is 2.85 bits per heavy atom. The van der Waals surface area contributed by atoms with Crippen molar-refractivity contribution >= 4 is 39.3 Å². The smallest absolute Gasteiger partial charge is 0.347 e. The second kappa shape index (κ2) is 8.07. The summed E-state index contributed by atoms with van der Waals surface area (Å²) in [5, 5.41) is 5.15. The average Bonchev–Trinajstić information content (AvgIpc) is 3.07. The molecule has 7 heteroatoms. The van der Waals surface area contributed by atoms with Crippen molar-refractivity contribution in [2.45, 2.75) is 18.7 Å². The van der Waals surface area contributed by atoms with E-state index in [1.807, 2.05) is 42.7 Å². The summed E-state index contributed by atoms with van der Waals surface area (Å²) in [5.74, 6) is 5.71. The van der Waals surface area contributed by atoms with Crippen molar-refractivity contribution in [2.75, 3.05) is 12.3 Å². The number of esters is 1. The third-order valence-electron chi connectivity index (χ3n) is 3.87. The Morgan fingerprint density at radius 2 is 2.22 bits per heavy atom. The van der Waals surface area contributed by atoms with Crippen molar-refractivity contribution in [1.29, 1.82) is 0 Å². The first-order chi connectivity index (χ1) is 13.0. The number of carbonyl (C=O) groups is 1. The number of nitrogens with zero attached hydrogens (tertiary/aromatic N) is 1. The molecule has 0 aliphatic carbocycles. The van der Waals surface area contributed by atoms with Crippen LogP contribution >= 0.6 is 27.7 Å². The van der Waals surface area contributed by atoms with Crippen molar-refractivity contribution in [2.24, 2.45) is 0 Å². The Balaban J connectivity index is 2.07. The molecule has 138 valence electrons. The first-order valence-electron chi connectivity index (χ1n) is 8.29.